The maximum Gasteiger partial charge on any atom is 0.349 e. The van der Waals surface area contributed by atoms with Crippen LogP contribution in [0.2, 0.25) is 0 Å². The zero-order valence-electron chi connectivity index (χ0n) is 19.1. The van der Waals surface area contributed by atoms with Crippen LogP contribution in [0.1, 0.15) is 37.0 Å². The van der Waals surface area contributed by atoms with Gasteiger partial charge >= 0.3 is 11.7 Å². The molecule has 3 aromatic heterocycles. The first-order valence-corrected chi connectivity index (χ1v) is 11.2. The number of rotatable bonds is 6. The van der Waals surface area contributed by atoms with Crippen molar-refractivity contribution in [2.45, 2.75) is 20.4 Å². The van der Waals surface area contributed by atoms with E-state index in [0.717, 1.165) is 26.0 Å². The number of nitrogens with zero attached hydrogens (tertiary/aromatic N) is 3. The Kier molecular flexibility index (Phi) is 6.22. The van der Waals surface area contributed by atoms with Gasteiger partial charge in [0.2, 0.25) is 5.78 Å². The van der Waals surface area contributed by atoms with Gasteiger partial charge < -0.3 is 15.5 Å². The lowest BCUT2D eigenvalue weighted by molar-refractivity contribution is 0.0478. The minimum Gasteiger partial charge on any atom is -0.453 e. The van der Waals surface area contributed by atoms with Gasteiger partial charge in [-0.3, -0.25) is 23.5 Å². The fourth-order valence-electron chi connectivity index (χ4n) is 3.68. The Morgan fingerprint density at radius 3 is 2.51 bits per heavy atom. The maximum absolute atomic E-state index is 12.9. The minimum atomic E-state index is -0.887. The SMILES string of the molecule is Cc1nc2sc(C(=O)OCC(=O)c3c(N)n(Cc4ccccc4)c(=O)n(C)c3=O)c(C)c2c(=O)[nH]1. The molecular formula is C23H21N5O6S. The predicted molar refractivity (Wildman–Crippen MR) is 130 cm³/mol. The highest BCUT2D eigenvalue weighted by molar-refractivity contribution is 7.20. The molecule has 4 aromatic rings. The van der Waals surface area contributed by atoms with Crippen molar-refractivity contribution in [3.63, 3.8) is 0 Å². The molecule has 0 aliphatic rings. The Morgan fingerprint density at radius 2 is 1.83 bits per heavy atom. The molecule has 3 heterocycles. The van der Waals surface area contributed by atoms with Crippen molar-refractivity contribution < 1.29 is 14.3 Å². The monoisotopic (exact) mass is 495 g/mol. The predicted octanol–water partition coefficient (Wildman–Crippen LogP) is 1.13. The largest absolute Gasteiger partial charge is 0.453 e. The number of carbonyl (C=O) groups is 2. The highest BCUT2D eigenvalue weighted by Crippen LogP contribution is 2.27. The summed E-state index contributed by atoms with van der Waals surface area (Å²) in [4.78, 5) is 70.4. The average molecular weight is 496 g/mol. The number of nitrogens with two attached hydrogens (primary N) is 1. The van der Waals surface area contributed by atoms with E-state index >= 15 is 0 Å². The highest BCUT2D eigenvalue weighted by Gasteiger charge is 2.25. The molecule has 4 rings (SSSR count). The number of H-pyrrole nitrogens is 1. The first-order valence-electron chi connectivity index (χ1n) is 10.4. The standard InChI is InChI=1S/C23H21N5O6S/c1-11-15-19(30)25-12(2)26-20(15)35-17(11)22(32)34-10-14(29)16-18(24)28(23(33)27(3)21(16)31)9-13-7-5-4-6-8-13/h4-8H,9-10,24H2,1-3H3,(H,25,26,30). The van der Waals surface area contributed by atoms with E-state index in [1.165, 1.54) is 7.05 Å². The molecule has 35 heavy (non-hydrogen) atoms. The average Bonchev–Trinajstić information content (AvgIpc) is 3.16. The number of benzene rings is 1. The summed E-state index contributed by atoms with van der Waals surface area (Å²) in [5.74, 6) is -1.62. The van der Waals surface area contributed by atoms with Crippen LogP contribution in [-0.4, -0.2) is 37.5 Å². The number of nitrogen functional groups attached to an aromatic ring is 1. The molecule has 0 unspecified atom stereocenters. The van der Waals surface area contributed by atoms with Crippen molar-refractivity contribution in [2.75, 3.05) is 12.3 Å². The molecule has 0 saturated heterocycles. The quantitative estimate of drug-likeness (QED) is 0.297. The molecule has 0 bridgehead atoms. The van der Waals surface area contributed by atoms with Crippen LogP contribution >= 0.6 is 11.3 Å². The molecule has 0 spiro atoms. The highest BCUT2D eigenvalue weighted by atomic mass is 32.1. The van der Waals surface area contributed by atoms with Crippen LogP contribution < -0.4 is 22.5 Å². The van der Waals surface area contributed by atoms with Gasteiger partial charge in [0.15, 0.2) is 6.61 Å². The molecule has 3 N–H and O–H groups in total. The topological polar surface area (TPSA) is 159 Å². The molecular weight excluding hydrogens is 474 g/mol. The lowest BCUT2D eigenvalue weighted by atomic mass is 10.2. The minimum absolute atomic E-state index is 0.0433. The van der Waals surface area contributed by atoms with Gasteiger partial charge in [0, 0.05) is 7.05 Å². The summed E-state index contributed by atoms with van der Waals surface area (Å²) in [5.41, 5.74) is 4.79. The molecule has 1 aromatic carbocycles. The number of Topliss-reactive ketones (excluding diaryl/α,β-unsaturated/α-hetero) is 1. The third-order valence-corrected chi connectivity index (χ3v) is 6.65. The summed E-state index contributed by atoms with van der Waals surface area (Å²) < 4.78 is 7.05. The van der Waals surface area contributed by atoms with Crippen LogP contribution in [0, 0.1) is 13.8 Å². The number of ketones is 1. The number of hydrogen-bond donors (Lipinski definition) is 2. The van der Waals surface area contributed by atoms with Crippen LogP contribution in [0.3, 0.4) is 0 Å². The third kappa shape index (κ3) is 4.30. The van der Waals surface area contributed by atoms with Crippen molar-refractivity contribution in [3.05, 3.63) is 88.9 Å². The summed E-state index contributed by atoms with van der Waals surface area (Å²) in [6, 6.07) is 8.92. The van der Waals surface area contributed by atoms with Gasteiger partial charge in [0.05, 0.1) is 11.9 Å². The number of aryl methyl sites for hydroxylation is 2. The maximum atomic E-state index is 12.9. The second kappa shape index (κ2) is 9.14. The first kappa shape index (κ1) is 23.8. The molecule has 0 saturated carbocycles. The van der Waals surface area contributed by atoms with E-state index in [-0.39, 0.29) is 28.2 Å². The zero-order chi connectivity index (χ0) is 25.4. The summed E-state index contributed by atoms with van der Waals surface area (Å²) in [7, 11) is 1.24. The zero-order valence-corrected chi connectivity index (χ0v) is 19.9. The van der Waals surface area contributed by atoms with Crippen molar-refractivity contribution >= 4 is 39.1 Å². The number of anilines is 1. The van der Waals surface area contributed by atoms with Crippen molar-refractivity contribution in [1.82, 2.24) is 19.1 Å². The van der Waals surface area contributed by atoms with E-state index in [1.807, 2.05) is 6.07 Å². The van der Waals surface area contributed by atoms with Crippen molar-refractivity contribution in [3.8, 4) is 0 Å². The van der Waals surface area contributed by atoms with E-state index < -0.39 is 35.2 Å². The smallest absolute Gasteiger partial charge is 0.349 e. The molecule has 0 aliphatic heterocycles. The summed E-state index contributed by atoms with van der Waals surface area (Å²) in [6.07, 6.45) is 0. The summed E-state index contributed by atoms with van der Waals surface area (Å²) in [5, 5.41) is 0.268. The van der Waals surface area contributed by atoms with Crippen LogP contribution in [-0.2, 0) is 18.3 Å². The molecule has 0 aliphatic carbocycles. The number of thiophene rings is 1. The van der Waals surface area contributed by atoms with E-state index in [4.69, 9.17) is 10.5 Å². The van der Waals surface area contributed by atoms with E-state index in [9.17, 15) is 24.0 Å². The fourth-order valence-corrected chi connectivity index (χ4v) is 4.80. The van der Waals surface area contributed by atoms with Crippen LogP contribution in [0.5, 0.6) is 0 Å². The number of hydrogen-bond acceptors (Lipinski definition) is 9. The molecule has 0 fully saturated rings. The molecule has 11 nitrogen and oxygen atoms in total. The van der Waals surface area contributed by atoms with E-state index in [2.05, 4.69) is 9.97 Å². The summed E-state index contributed by atoms with van der Waals surface area (Å²) >= 11 is 0.969. The second-order valence-electron chi connectivity index (χ2n) is 7.87. The first-order chi connectivity index (χ1) is 16.6. The lowest BCUT2D eigenvalue weighted by Gasteiger charge is -2.14. The van der Waals surface area contributed by atoms with Crippen LogP contribution in [0.4, 0.5) is 5.82 Å². The Balaban J connectivity index is 1.63. The number of aromatic amines is 1. The molecule has 0 atom stereocenters. The van der Waals surface area contributed by atoms with E-state index in [0.29, 0.717) is 16.2 Å². The van der Waals surface area contributed by atoms with Crippen LogP contribution in [0.15, 0.2) is 44.7 Å². The Hall–Kier alpha value is -4.32. The van der Waals surface area contributed by atoms with Gasteiger partial charge in [-0.1, -0.05) is 30.3 Å². The second-order valence-corrected chi connectivity index (χ2v) is 8.86. The van der Waals surface area contributed by atoms with Gasteiger partial charge in [-0.15, -0.1) is 11.3 Å². The normalized spacial score (nSPS) is 11.1. The number of aromatic nitrogens is 4. The number of carbonyl (C=O) groups excluding carboxylic acids is 2. The van der Waals surface area contributed by atoms with Gasteiger partial charge in [-0.05, 0) is 25.0 Å². The molecule has 0 amide bonds. The van der Waals surface area contributed by atoms with Crippen molar-refractivity contribution in [2.24, 2.45) is 7.05 Å². The lowest BCUT2D eigenvalue weighted by Crippen LogP contribution is -2.43. The third-order valence-electron chi connectivity index (χ3n) is 5.48. The van der Waals surface area contributed by atoms with Crippen molar-refractivity contribution in [1.29, 1.82) is 0 Å². The fraction of sp³-hybridized carbons (Fsp3) is 0.217. The molecule has 0 radical (unpaired) electrons. The van der Waals surface area contributed by atoms with Gasteiger partial charge in [0.1, 0.15) is 26.9 Å². The number of fused-ring (bicyclic) bond motifs is 1. The molecule has 180 valence electrons. The number of ether oxygens (including phenoxy) is 1. The molecule has 12 heteroatoms. The van der Waals surface area contributed by atoms with Gasteiger partial charge in [0.25, 0.3) is 11.1 Å². The number of esters is 1. The Bertz CT molecular complexity index is 1660. The Morgan fingerprint density at radius 1 is 1.14 bits per heavy atom. The van der Waals surface area contributed by atoms with Gasteiger partial charge in [-0.2, -0.15) is 0 Å². The van der Waals surface area contributed by atoms with Crippen LogP contribution in [0.25, 0.3) is 10.2 Å². The number of nitrogens with one attached hydrogen (secondary N) is 1. The Labute approximate surface area is 201 Å². The van der Waals surface area contributed by atoms with E-state index in [1.54, 1.807) is 38.1 Å². The van der Waals surface area contributed by atoms with Gasteiger partial charge in [-0.25, -0.2) is 14.6 Å². The summed E-state index contributed by atoms with van der Waals surface area (Å²) in [6.45, 7) is 2.46.